The lowest BCUT2D eigenvalue weighted by atomic mass is 10.1. The van der Waals surface area contributed by atoms with Gasteiger partial charge in [0, 0.05) is 5.56 Å². The van der Waals surface area contributed by atoms with Crippen LogP contribution in [0.25, 0.3) is 21.7 Å². The van der Waals surface area contributed by atoms with Gasteiger partial charge in [-0.3, -0.25) is 9.59 Å². The maximum Gasteiger partial charge on any atom is 0.294 e. The number of ether oxygens (including phenoxy) is 2. The first-order chi connectivity index (χ1) is 14.1. The fourth-order valence-electron chi connectivity index (χ4n) is 3.19. The Morgan fingerprint density at radius 1 is 1.21 bits per heavy atom. The summed E-state index contributed by atoms with van der Waals surface area (Å²) in [6.45, 7) is 2.50. The van der Waals surface area contributed by atoms with Crippen LogP contribution in [0.1, 0.15) is 15.4 Å². The molecule has 3 aromatic heterocycles. The van der Waals surface area contributed by atoms with Crippen LogP contribution < -0.4 is 15.0 Å². The topological polar surface area (TPSA) is 96.5 Å². The Morgan fingerprint density at radius 2 is 2.03 bits per heavy atom. The van der Waals surface area contributed by atoms with E-state index < -0.39 is 5.56 Å². The molecule has 29 heavy (non-hydrogen) atoms. The van der Waals surface area contributed by atoms with Gasteiger partial charge in [-0.05, 0) is 37.3 Å². The molecular weight excluding hydrogens is 394 g/mol. The van der Waals surface area contributed by atoms with Crippen LogP contribution in [-0.2, 0) is 6.54 Å². The predicted octanol–water partition coefficient (Wildman–Crippen LogP) is 3.08. The number of ketones is 1. The molecule has 0 radical (unpaired) electrons. The fraction of sp³-hybridized carbons (Fsp3) is 0.200. The normalized spacial score (nSPS) is 13.0. The number of carbonyl (C=O) groups is 1. The van der Waals surface area contributed by atoms with Crippen LogP contribution in [0.5, 0.6) is 11.5 Å². The van der Waals surface area contributed by atoms with Crippen LogP contribution in [0.4, 0.5) is 0 Å². The van der Waals surface area contributed by atoms with E-state index in [0.29, 0.717) is 46.4 Å². The van der Waals surface area contributed by atoms with Crippen molar-refractivity contribution in [1.29, 1.82) is 0 Å². The summed E-state index contributed by atoms with van der Waals surface area (Å²) < 4.78 is 18.3. The molecule has 5 rings (SSSR count). The number of Topliss-reactive ketones (excluding diaryl/α,β-unsaturated/α-hetero) is 1. The van der Waals surface area contributed by atoms with Gasteiger partial charge in [0.1, 0.15) is 25.5 Å². The Labute approximate surface area is 168 Å². The molecule has 4 aromatic rings. The lowest BCUT2D eigenvalue weighted by Crippen LogP contribution is -2.27. The lowest BCUT2D eigenvalue weighted by molar-refractivity contribution is 0.0965. The van der Waals surface area contributed by atoms with E-state index in [1.54, 1.807) is 30.3 Å². The number of hydrogen-bond donors (Lipinski definition) is 0. The van der Waals surface area contributed by atoms with E-state index in [4.69, 9.17) is 13.9 Å². The largest absolute Gasteiger partial charge is 0.486 e. The molecule has 0 N–H and O–H groups in total. The Kier molecular flexibility index (Phi) is 4.17. The van der Waals surface area contributed by atoms with Gasteiger partial charge >= 0.3 is 0 Å². The summed E-state index contributed by atoms with van der Waals surface area (Å²) in [5.74, 6) is 1.36. The van der Waals surface area contributed by atoms with Gasteiger partial charge in [-0.1, -0.05) is 0 Å². The maximum atomic E-state index is 12.9. The minimum atomic E-state index is -0.412. The van der Waals surface area contributed by atoms with Crippen molar-refractivity contribution in [3.63, 3.8) is 0 Å². The lowest BCUT2D eigenvalue weighted by Gasteiger charge is -2.18. The fourth-order valence-corrected chi connectivity index (χ4v) is 4.09. The molecule has 0 amide bonds. The van der Waals surface area contributed by atoms with Crippen LogP contribution in [0, 0.1) is 6.92 Å². The molecule has 0 saturated heterocycles. The zero-order valence-electron chi connectivity index (χ0n) is 15.4. The highest BCUT2D eigenvalue weighted by Crippen LogP contribution is 2.31. The van der Waals surface area contributed by atoms with Crippen molar-refractivity contribution in [1.82, 2.24) is 14.8 Å². The number of carbonyl (C=O) groups excluding carboxylic acids is 1. The van der Waals surface area contributed by atoms with Crippen LogP contribution in [0.2, 0.25) is 0 Å². The highest BCUT2D eigenvalue weighted by Gasteiger charge is 2.21. The van der Waals surface area contributed by atoms with Gasteiger partial charge < -0.3 is 13.9 Å². The summed E-state index contributed by atoms with van der Waals surface area (Å²) in [7, 11) is 0. The number of aromatic nitrogens is 3. The number of thiazole rings is 1. The van der Waals surface area contributed by atoms with Crippen molar-refractivity contribution in [3.8, 4) is 23.0 Å². The van der Waals surface area contributed by atoms with E-state index in [-0.39, 0.29) is 17.8 Å². The second-order valence-electron chi connectivity index (χ2n) is 6.48. The molecule has 0 saturated carbocycles. The Bertz CT molecular complexity index is 1290. The minimum Gasteiger partial charge on any atom is -0.486 e. The van der Waals surface area contributed by atoms with Gasteiger partial charge in [0.05, 0.1) is 16.0 Å². The van der Waals surface area contributed by atoms with Crippen molar-refractivity contribution >= 4 is 27.3 Å². The number of rotatable bonds is 4. The molecule has 0 unspecified atom stereocenters. The molecule has 8 nitrogen and oxygen atoms in total. The van der Waals surface area contributed by atoms with Crippen LogP contribution in [-0.4, -0.2) is 33.8 Å². The van der Waals surface area contributed by atoms with Crippen molar-refractivity contribution in [3.05, 3.63) is 57.5 Å². The summed E-state index contributed by atoms with van der Waals surface area (Å²) in [4.78, 5) is 30.1. The van der Waals surface area contributed by atoms with E-state index in [1.807, 2.05) is 6.92 Å². The summed E-state index contributed by atoms with van der Waals surface area (Å²) in [5, 5.41) is 5.15. The molecule has 1 aliphatic rings. The number of fused-ring (bicyclic) bond motifs is 2. The van der Waals surface area contributed by atoms with Crippen molar-refractivity contribution in [2.24, 2.45) is 0 Å². The SMILES string of the molecule is Cc1nc2c(=O)n(CC(=O)c3ccc4c(c3)OCCO4)nc(-c3ccco3)c2s1. The van der Waals surface area contributed by atoms with Crippen LogP contribution in [0.3, 0.4) is 0 Å². The van der Waals surface area contributed by atoms with Gasteiger partial charge in [0.25, 0.3) is 5.56 Å². The summed E-state index contributed by atoms with van der Waals surface area (Å²) >= 11 is 1.37. The highest BCUT2D eigenvalue weighted by atomic mass is 32.1. The summed E-state index contributed by atoms with van der Waals surface area (Å²) in [5.41, 5.74) is 0.775. The van der Waals surface area contributed by atoms with Gasteiger partial charge in [-0.2, -0.15) is 5.10 Å². The molecule has 0 aliphatic carbocycles. The number of aryl methyl sites for hydroxylation is 1. The van der Waals surface area contributed by atoms with Crippen LogP contribution >= 0.6 is 11.3 Å². The molecule has 9 heteroatoms. The van der Waals surface area contributed by atoms with Gasteiger partial charge in [-0.15, -0.1) is 11.3 Å². The smallest absolute Gasteiger partial charge is 0.294 e. The highest BCUT2D eigenvalue weighted by molar-refractivity contribution is 7.19. The number of benzene rings is 1. The van der Waals surface area contributed by atoms with Gasteiger partial charge in [-0.25, -0.2) is 9.67 Å². The first-order valence-corrected chi connectivity index (χ1v) is 9.77. The Balaban J connectivity index is 1.56. The molecule has 146 valence electrons. The van der Waals surface area contributed by atoms with E-state index in [1.165, 1.54) is 17.6 Å². The summed E-state index contributed by atoms with van der Waals surface area (Å²) in [6.07, 6.45) is 1.53. The maximum absolute atomic E-state index is 12.9. The second kappa shape index (κ2) is 6.85. The van der Waals surface area contributed by atoms with E-state index in [0.717, 1.165) is 9.69 Å². The zero-order chi connectivity index (χ0) is 20.0. The average Bonchev–Trinajstić information content (AvgIpc) is 3.39. The van der Waals surface area contributed by atoms with Crippen molar-refractivity contribution in [2.75, 3.05) is 13.2 Å². The molecule has 0 atom stereocenters. The summed E-state index contributed by atoms with van der Waals surface area (Å²) in [6, 6.07) is 8.47. The molecule has 4 heterocycles. The quantitative estimate of drug-likeness (QED) is 0.478. The Morgan fingerprint density at radius 3 is 2.83 bits per heavy atom. The van der Waals surface area contributed by atoms with Crippen LogP contribution in [0.15, 0.2) is 45.8 Å². The third-order valence-electron chi connectivity index (χ3n) is 4.52. The third kappa shape index (κ3) is 3.09. The van der Waals surface area contributed by atoms with Gasteiger partial charge in [0.15, 0.2) is 28.6 Å². The van der Waals surface area contributed by atoms with E-state index in [2.05, 4.69) is 10.1 Å². The number of nitrogens with zero attached hydrogens (tertiary/aromatic N) is 3. The monoisotopic (exact) mass is 409 g/mol. The molecular formula is C20H15N3O5S. The average molecular weight is 409 g/mol. The Hall–Kier alpha value is -3.46. The molecule has 0 fully saturated rings. The third-order valence-corrected chi connectivity index (χ3v) is 5.50. The minimum absolute atomic E-state index is 0.224. The molecule has 1 aromatic carbocycles. The van der Waals surface area contributed by atoms with Gasteiger partial charge in [0.2, 0.25) is 0 Å². The number of hydrogen-bond acceptors (Lipinski definition) is 8. The zero-order valence-corrected chi connectivity index (χ0v) is 16.2. The number of furan rings is 1. The van der Waals surface area contributed by atoms with E-state index in [9.17, 15) is 9.59 Å². The first-order valence-electron chi connectivity index (χ1n) is 8.95. The molecule has 1 aliphatic heterocycles. The second-order valence-corrected chi connectivity index (χ2v) is 7.68. The first kappa shape index (κ1) is 17.6. The van der Waals surface area contributed by atoms with E-state index >= 15 is 0 Å². The van der Waals surface area contributed by atoms with Crippen molar-refractivity contribution in [2.45, 2.75) is 13.5 Å². The predicted molar refractivity (Wildman–Crippen MR) is 106 cm³/mol. The standard InChI is InChI=1S/C20H15N3O5S/c1-11-21-18-19(29-11)17(15-3-2-6-26-15)22-23(20(18)25)10-13(24)12-4-5-14-16(9-12)28-8-7-27-14/h2-6,9H,7-8,10H2,1H3. The molecule has 0 spiro atoms. The molecule has 0 bridgehead atoms. The van der Waals surface area contributed by atoms with Crippen molar-refractivity contribution < 1.29 is 18.7 Å².